The summed E-state index contributed by atoms with van der Waals surface area (Å²) in [5.41, 5.74) is 1.98. The number of phenolic OH excluding ortho intramolecular Hbond substituents is 1. The predicted molar refractivity (Wildman–Crippen MR) is 214 cm³/mol. The quantitative estimate of drug-likeness (QED) is 0.0436. The Bertz CT molecular complexity index is 1480. The van der Waals surface area contributed by atoms with E-state index >= 15 is 0 Å². The maximum absolute atomic E-state index is 12.7. The van der Waals surface area contributed by atoms with E-state index in [9.17, 15) is 19.8 Å². The van der Waals surface area contributed by atoms with Crippen LogP contribution in [0.5, 0.6) is 23.0 Å². The lowest BCUT2D eigenvalue weighted by molar-refractivity contribution is -0.135. The zero-order valence-corrected chi connectivity index (χ0v) is 32.4. The molecule has 0 heterocycles. The minimum Gasteiger partial charge on any atom is -0.508 e. The maximum Gasteiger partial charge on any atom is 0.311 e. The molecule has 290 valence electrons. The highest BCUT2D eigenvalue weighted by Crippen LogP contribution is 2.33. The Hall–Kier alpha value is -4.10. The lowest BCUT2D eigenvalue weighted by Gasteiger charge is -2.16. The average Bonchev–Trinajstić information content (AvgIpc) is 3.16. The molecule has 0 spiro atoms. The number of esters is 2. The topological polar surface area (TPSA) is 102 Å². The molecule has 0 radical (unpaired) electrons. The molecule has 7 heteroatoms. The van der Waals surface area contributed by atoms with Crippen LogP contribution in [0.2, 0.25) is 0 Å². The van der Waals surface area contributed by atoms with Crippen LogP contribution >= 0.6 is 0 Å². The Morgan fingerprint density at radius 3 is 1.75 bits per heavy atom. The number of carbonyl (C=O) groups is 2. The van der Waals surface area contributed by atoms with Gasteiger partial charge >= 0.3 is 11.9 Å². The van der Waals surface area contributed by atoms with E-state index in [-0.39, 0.29) is 30.0 Å². The normalized spacial score (nSPS) is 11.8. The molecular formula is C46H64O7. The summed E-state index contributed by atoms with van der Waals surface area (Å²) < 4.78 is 17.5. The van der Waals surface area contributed by atoms with E-state index in [2.05, 4.69) is 13.8 Å². The molecule has 0 bridgehead atoms. The first-order chi connectivity index (χ1) is 25.9. The van der Waals surface area contributed by atoms with Crippen LogP contribution in [0, 0.1) is 0 Å². The highest BCUT2D eigenvalue weighted by Gasteiger charge is 2.16. The van der Waals surface area contributed by atoms with Crippen LogP contribution in [0.1, 0.15) is 165 Å². The third kappa shape index (κ3) is 18.5. The first-order valence-electron chi connectivity index (χ1n) is 20.3. The van der Waals surface area contributed by atoms with Gasteiger partial charge in [-0.1, -0.05) is 159 Å². The largest absolute Gasteiger partial charge is 0.508 e. The molecule has 1 atom stereocenters. The number of phenols is 1. The summed E-state index contributed by atoms with van der Waals surface area (Å²) in [5, 5.41) is 21.5. The van der Waals surface area contributed by atoms with Crippen molar-refractivity contribution in [2.75, 3.05) is 0 Å². The SMILES string of the molecule is CCCCCCCCCCCC(=O)Oc1ccc(C(O)C=Cc2ccc(O)cc2OC(=O)CCCCCCCCCCC)c(OCc2ccccc2)c1. The number of hydrogen-bond donors (Lipinski definition) is 2. The van der Waals surface area contributed by atoms with Gasteiger partial charge in [-0.3, -0.25) is 9.59 Å². The van der Waals surface area contributed by atoms with Crippen molar-refractivity contribution in [3.63, 3.8) is 0 Å². The number of rotatable bonds is 28. The second-order valence-corrected chi connectivity index (χ2v) is 14.1. The Morgan fingerprint density at radius 2 is 1.17 bits per heavy atom. The molecule has 0 amide bonds. The highest BCUT2D eigenvalue weighted by molar-refractivity contribution is 5.75. The number of hydrogen-bond acceptors (Lipinski definition) is 7. The fourth-order valence-corrected chi connectivity index (χ4v) is 6.25. The highest BCUT2D eigenvalue weighted by atomic mass is 16.5. The van der Waals surface area contributed by atoms with Gasteiger partial charge in [0.05, 0.1) is 0 Å². The summed E-state index contributed by atoms with van der Waals surface area (Å²) in [6, 6.07) is 19.3. The smallest absolute Gasteiger partial charge is 0.311 e. The Labute approximate surface area is 318 Å². The second-order valence-electron chi connectivity index (χ2n) is 14.1. The van der Waals surface area contributed by atoms with E-state index in [1.807, 2.05) is 30.3 Å². The number of benzene rings is 3. The molecule has 0 aliphatic rings. The van der Waals surface area contributed by atoms with Crippen molar-refractivity contribution in [1.29, 1.82) is 0 Å². The van der Waals surface area contributed by atoms with Crippen LogP contribution in [0.25, 0.3) is 6.08 Å². The van der Waals surface area contributed by atoms with Crippen LogP contribution in [0.15, 0.2) is 72.8 Å². The molecule has 0 saturated carbocycles. The van der Waals surface area contributed by atoms with Crippen LogP contribution in [0.4, 0.5) is 0 Å². The minimum atomic E-state index is -1.09. The van der Waals surface area contributed by atoms with Crippen molar-refractivity contribution in [1.82, 2.24) is 0 Å². The summed E-state index contributed by atoms with van der Waals surface area (Å²) in [6.07, 6.45) is 23.7. The molecule has 3 aromatic rings. The molecule has 0 fully saturated rings. The van der Waals surface area contributed by atoms with Gasteiger partial charge in [-0.05, 0) is 42.7 Å². The van der Waals surface area contributed by atoms with Gasteiger partial charge in [0.25, 0.3) is 0 Å². The average molecular weight is 729 g/mol. The molecular weight excluding hydrogens is 664 g/mol. The maximum atomic E-state index is 12.7. The molecule has 3 aromatic carbocycles. The standard InChI is InChI=1S/C46H64O7/c1-3-5-7-9-11-13-15-17-22-26-45(49)52-40-31-32-41(44(35-40)51-36-37-24-20-19-21-25-37)42(48)33-29-38-28-30-39(47)34-43(38)53-46(50)27-23-18-16-14-12-10-8-6-4-2/h19-21,24-25,28-35,42,47-48H,3-18,22-23,26-27,36H2,1-2H3. The zero-order chi connectivity index (χ0) is 37.9. The van der Waals surface area contributed by atoms with E-state index in [4.69, 9.17) is 14.2 Å². The van der Waals surface area contributed by atoms with Crippen molar-refractivity contribution in [2.45, 2.75) is 155 Å². The van der Waals surface area contributed by atoms with Crippen LogP contribution in [0.3, 0.4) is 0 Å². The van der Waals surface area contributed by atoms with Gasteiger partial charge in [-0.25, -0.2) is 0 Å². The number of carbonyl (C=O) groups excluding carboxylic acids is 2. The van der Waals surface area contributed by atoms with E-state index in [1.165, 1.54) is 89.2 Å². The number of aliphatic hydroxyl groups is 1. The monoisotopic (exact) mass is 728 g/mol. The molecule has 3 rings (SSSR count). The van der Waals surface area contributed by atoms with Gasteiger partial charge in [0.2, 0.25) is 0 Å². The van der Waals surface area contributed by atoms with E-state index < -0.39 is 6.10 Å². The fraction of sp³-hybridized carbons (Fsp3) is 0.522. The zero-order valence-electron chi connectivity index (χ0n) is 32.4. The van der Waals surface area contributed by atoms with Crippen molar-refractivity contribution >= 4 is 18.0 Å². The minimum absolute atomic E-state index is 0.0203. The Kier molecular flexibility index (Phi) is 21.8. The van der Waals surface area contributed by atoms with Crippen molar-refractivity contribution in [3.05, 3.63) is 89.5 Å². The third-order valence-electron chi connectivity index (χ3n) is 9.42. The van der Waals surface area contributed by atoms with E-state index in [0.29, 0.717) is 35.5 Å². The van der Waals surface area contributed by atoms with Gasteiger partial charge in [-0.15, -0.1) is 0 Å². The van der Waals surface area contributed by atoms with Gasteiger partial charge in [0.1, 0.15) is 35.7 Å². The lowest BCUT2D eigenvalue weighted by atomic mass is 10.1. The van der Waals surface area contributed by atoms with Crippen LogP contribution in [-0.2, 0) is 16.2 Å². The fourth-order valence-electron chi connectivity index (χ4n) is 6.25. The molecule has 53 heavy (non-hydrogen) atoms. The molecule has 0 aliphatic heterocycles. The van der Waals surface area contributed by atoms with Gasteiger partial charge in [-0.2, -0.15) is 0 Å². The number of aliphatic hydroxyl groups excluding tert-OH is 1. The Morgan fingerprint density at radius 1 is 0.623 bits per heavy atom. The molecule has 0 saturated heterocycles. The number of ether oxygens (including phenoxy) is 3. The van der Waals surface area contributed by atoms with Crippen LogP contribution in [-0.4, -0.2) is 22.2 Å². The van der Waals surface area contributed by atoms with E-state index in [0.717, 1.165) is 44.1 Å². The first kappa shape index (κ1) is 43.3. The summed E-state index contributed by atoms with van der Waals surface area (Å²) in [7, 11) is 0. The second kappa shape index (κ2) is 26.6. The molecule has 0 aromatic heterocycles. The summed E-state index contributed by atoms with van der Waals surface area (Å²) >= 11 is 0. The first-order valence-corrected chi connectivity index (χ1v) is 20.3. The van der Waals surface area contributed by atoms with Gasteiger partial charge < -0.3 is 24.4 Å². The van der Waals surface area contributed by atoms with Crippen molar-refractivity contribution < 1.29 is 34.0 Å². The van der Waals surface area contributed by atoms with Crippen LogP contribution < -0.4 is 14.2 Å². The van der Waals surface area contributed by atoms with Crippen molar-refractivity contribution in [3.8, 4) is 23.0 Å². The molecule has 0 aliphatic carbocycles. The Balaban J connectivity index is 1.59. The molecule has 1 unspecified atom stereocenters. The lowest BCUT2D eigenvalue weighted by Crippen LogP contribution is -2.09. The summed E-state index contributed by atoms with van der Waals surface area (Å²) in [5.74, 6) is 0.305. The summed E-state index contributed by atoms with van der Waals surface area (Å²) in [6.45, 7) is 4.71. The predicted octanol–water partition coefficient (Wildman–Crippen LogP) is 12.4. The molecule has 2 N–H and O–H groups in total. The van der Waals surface area contributed by atoms with Crippen molar-refractivity contribution in [2.24, 2.45) is 0 Å². The van der Waals surface area contributed by atoms with Gasteiger partial charge in [0.15, 0.2) is 0 Å². The summed E-state index contributed by atoms with van der Waals surface area (Å²) in [4.78, 5) is 25.4. The third-order valence-corrected chi connectivity index (χ3v) is 9.42. The number of aromatic hydroxyl groups is 1. The number of unbranched alkanes of at least 4 members (excludes halogenated alkanes) is 16. The van der Waals surface area contributed by atoms with Gasteiger partial charge in [0, 0.05) is 36.1 Å². The van der Waals surface area contributed by atoms with E-state index in [1.54, 1.807) is 36.4 Å². The molecule has 7 nitrogen and oxygen atoms in total.